The van der Waals surface area contributed by atoms with E-state index < -0.39 is 0 Å². The van der Waals surface area contributed by atoms with Gasteiger partial charge in [-0.3, -0.25) is 0 Å². The normalized spacial score (nSPS) is 10.7. The molecule has 1 aromatic heterocycles. The van der Waals surface area contributed by atoms with Crippen LogP contribution in [0.4, 0.5) is 0 Å². The summed E-state index contributed by atoms with van der Waals surface area (Å²) in [5.74, 6) is 1.66. The number of ether oxygens (including phenoxy) is 1. The summed E-state index contributed by atoms with van der Waals surface area (Å²) in [6.45, 7) is 3.67. The molecule has 0 saturated carbocycles. The Kier molecular flexibility index (Phi) is 5.60. The Bertz CT molecular complexity index is 547. The van der Waals surface area contributed by atoms with Crippen LogP contribution in [0.15, 0.2) is 40.2 Å². The van der Waals surface area contributed by atoms with Crippen LogP contribution in [0.3, 0.4) is 0 Å². The van der Waals surface area contributed by atoms with E-state index in [0.717, 1.165) is 27.7 Å². The maximum absolute atomic E-state index is 5.88. The van der Waals surface area contributed by atoms with Crippen LogP contribution < -0.4 is 4.74 Å². The van der Waals surface area contributed by atoms with Gasteiger partial charge in [-0.25, -0.2) is 4.98 Å². The lowest BCUT2D eigenvalue weighted by Gasteiger charge is -2.08. The highest BCUT2D eigenvalue weighted by atomic mass is 79.9. The second kappa shape index (κ2) is 7.22. The Hall–Kier alpha value is -0.650. The zero-order valence-electron chi connectivity index (χ0n) is 10.5. The van der Waals surface area contributed by atoms with Crippen molar-refractivity contribution in [1.82, 2.24) is 9.55 Å². The molecule has 1 heterocycles. The predicted molar refractivity (Wildman–Crippen MR) is 83.3 cm³/mol. The number of rotatable bonds is 6. The van der Waals surface area contributed by atoms with E-state index in [1.54, 1.807) is 11.8 Å². The maximum atomic E-state index is 5.88. The molecule has 0 fully saturated rings. The second-order valence-corrected chi connectivity index (χ2v) is 6.12. The third-order valence-electron chi connectivity index (χ3n) is 2.48. The van der Waals surface area contributed by atoms with Crippen molar-refractivity contribution in [3.05, 3.63) is 40.1 Å². The summed E-state index contributed by atoms with van der Waals surface area (Å²) in [6, 6.07) is 5.51. The van der Waals surface area contributed by atoms with Gasteiger partial charge in [-0.2, -0.15) is 0 Å². The van der Waals surface area contributed by atoms with Crippen LogP contribution in [0.1, 0.15) is 6.92 Å². The summed E-state index contributed by atoms with van der Waals surface area (Å²) in [5.41, 5.74) is 0. The number of nitrogens with zero attached hydrogens (tertiary/aromatic N) is 2. The molecule has 0 aliphatic heterocycles. The van der Waals surface area contributed by atoms with Crippen molar-refractivity contribution < 1.29 is 4.74 Å². The summed E-state index contributed by atoms with van der Waals surface area (Å²) in [6.07, 6.45) is 3.81. The minimum Gasteiger partial charge on any atom is -0.492 e. The maximum Gasteiger partial charge on any atom is 0.168 e. The molecule has 0 spiro atoms. The fraction of sp³-hybridized carbons (Fsp3) is 0.308. The van der Waals surface area contributed by atoms with Crippen LogP contribution in [0.5, 0.6) is 5.75 Å². The highest BCUT2D eigenvalue weighted by molar-refractivity contribution is 9.10. The minimum atomic E-state index is 0.626. The molecule has 2 aromatic rings. The molecule has 102 valence electrons. The molecule has 3 nitrogen and oxygen atoms in total. The van der Waals surface area contributed by atoms with Crippen LogP contribution >= 0.6 is 39.3 Å². The molecule has 0 N–H and O–H groups in total. The average molecular weight is 362 g/mol. The van der Waals surface area contributed by atoms with Gasteiger partial charge in [0.15, 0.2) is 5.16 Å². The Balaban J connectivity index is 1.81. The molecule has 0 unspecified atom stereocenters. The molecular formula is C13H14BrClN2OS. The van der Waals surface area contributed by atoms with E-state index in [1.165, 1.54) is 0 Å². The van der Waals surface area contributed by atoms with Gasteiger partial charge in [0.25, 0.3) is 0 Å². The van der Waals surface area contributed by atoms with Gasteiger partial charge in [-0.05, 0) is 41.1 Å². The Morgan fingerprint density at radius 2 is 2.32 bits per heavy atom. The molecule has 19 heavy (non-hydrogen) atoms. The third-order valence-corrected chi connectivity index (χ3v) is 4.31. The Morgan fingerprint density at radius 3 is 3.05 bits per heavy atom. The summed E-state index contributed by atoms with van der Waals surface area (Å²) in [7, 11) is 0. The monoisotopic (exact) mass is 360 g/mol. The van der Waals surface area contributed by atoms with E-state index in [1.807, 2.05) is 30.6 Å². The van der Waals surface area contributed by atoms with Gasteiger partial charge in [0.1, 0.15) is 5.75 Å². The standard InChI is InChI=1S/C13H14BrClN2OS/c1-2-17-6-5-16-13(17)19-8-7-18-12-4-3-10(15)9-11(12)14/h3-6,9H,2,7-8H2,1H3. The van der Waals surface area contributed by atoms with Gasteiger partial charge in [0, 0.05) is 29.7 Å². The Morgan fingerprint density at radius 1 is 1.47 bits per heavy atom. The molecule has 0 radical (unpaired) electrons. The topological polar surface area (TPSA) is 27.1 Å². The summed E-state index contributed by atoms with van der Waals surface area (Å²) in [5, 5.41) is 1.72. The van der Waals surface area contributed by atoms with Crippen molar-refractivity contribution in [3.63, 3.8) is 0 Å². The Labute approximate surface area is 130 Å². The molecule has 1 aromatic carbocycles. The van der Waals surface area contributed by atoms with Gasteiger partial charge in [0.2, 0.25) is 0 Å². The van der Waals surface area contributed by atoms with E-state index in [0.29, 0.717) is 11.6 Å². The number of aryl methyl sites for hydroxylation is 1. The van der Waals surface area contributed by atoms with Crippen LogP contribution in [-0.4, -0.2) is 21.9 Å². The molecule has 2 rings (SSSR count). The van der Waals surface area contributed by atoms with Crippen LogP contribution in [0, 0.1) is 0 Å². The first-order chi connectivity index (χ1) is 9.20. The summed E-state index contributed by atoms with van der Waals surface area (Å²) >= 11 is 11.0. The van der Waals surface area contributed by atoms with Crippen molar-refractivity contribution >= 4 is 39.3 Å². The smallest absolute Gasteiger partial charge is 0.168 e. The van der Waals surface area contributed by atoms with Crippen molar-refractivity contribution in [1.29, 1.82) is 0 Å². The highest BCUT2D eigenvalue weighted by Crippen LogP contribution is 2.28. The molecule has 0 amide bonds. The van der Waals surface area contributed by atoms with Gasteiger partial charge >= 0.3 is 0 Å². The molecule has 6 heteroatoms. The fourth-order valence-electron chi connectivity index (χ4n) is 1.55. The van der Waals surface area contributed by atoms with Crippen LogP contribution in [0.2, 0.25) is 5.02 Å². The largest absolute Gasteiger partial charge is 0.492 e. The highest BCUT2D eigenvalue weighted by Gasteiger charge is 2.04. The average Bonchev–Trinajstić information content (AvgIpc) is 2.84. The number of aromatic nitrogens is 2. The van der Waals surface area contributed by atoms with E-state index >= 15 is 0 Å². The van der Waals surface area contributed by atoms with Gasteiger partial charge in [-0.15, -0.1) is 0 Å². The first-order valence-electron chi connectivity index (χ1n) is 5.92. The van der Waals surface area contributed by atoms with E-state index in [4.69, 9.17) is 16.3 Å². The molecule has 0 aliphatic carbocycles. The molecule has 0 atom stereocenters. The van der Waals surface area contributed by atoms with Crippen molar-refractivity contribution in [2.24, 2.45) is 0 Å². The lowest BCUT2D eigenvalue weighted by molar-refractivity contribution is 0.341. The third kappa shape index (κ3) is 4.16. The fourth-order valence-corrected chi connectivity index (χ4v) is 3.19. The van der Waals surface area contributed by atoms with Crippen molar-refractivity contribution in [2.75, 3.05) is 12.4 Å². The lowest BCUT2D eigenvalue weighted by Crippen LogP contribution is -2.02. The molecular weight excluding hydrogens is 348 g/mol. The van der Waals surface area contributed by atoms with Crippen LogP contribution in [0.25, 0.3) is 0 Å². The van der Waals surface area contributed by atoms with Gasteiger partial charge < -0.3 is 9.30 Å². The summed E-state index contributed by atoms with van der Waals surface area (Å²) < 4.78 is 8.69. The predicted octanol–water partition coefficient (Wildman–Crippen LogP) is 4.49. The number of hydrogen-bond donors (Lipinski definition) is 0. The van der Waals surface area contributed by atoms with Gasteiger partial charge in [-0.1, -0.05) is 23.4 Å². The zero-order valence-corrected chi connectivity index (χ0v) is 13.6. The minimum absolute atomic E-state index is 0.626. The second-order valence-electron chi connectivity index (χ2n) is 3.77. The van der Waals surface area contributed by atoms with Crippen LogP contribution in [-0.2, 0) is 6.54 Å². The molecule has 0 bridgehead atoms. The zero-order chi connectivity index (χ0) is 13.7. The first kappa shape index (κ1) is 14.8. The van der Waals surface area contributed by atoms with Crippen molar-refractivity contribution in [2.45, 2.75) is 18.6 Å². The number of hydrogen-bond acceptors (Lipinski definition) is 3. The van der Waals surface area contributed by atoms with E-state index in [-0.39, 0.29) is 0 Å². The van der Waals surface area contributed by atoms with Crippen molar-refractivity contribution in [3.8, 4) is 5.75 Å². The number of benzene rings is 1. The first-order valence-corrected chi connectivity index (χ1v) is 8.08. The summed E-state index contributed by atoms with van der Waals surface area (Å²) in [4.78, 5) is 4.30. The van der Waals surface area contributed by atoms with Gasteiger partial charge in [0.05, 0.1) is 11.1 Å². The molecule has 0 aliphatic rings. The number of halogens is 2. The van der Waals surface area contributed by atoms with E-state index in [2.05, 4.69) is 32.4 Å². The molecule has 0 saturated heterocycles. The number of thioether (sulfide) groups is 1. The SMILES string of the molecule is CCn1ccnc1SCCOc1ccc(Cl)cc1Br. The number of imidazole rings is 1. The quantitative estimate of drug-likeness (QED) is 0.560. The lowest BCUT2D eigenvalue weighted by atomic mass is 10.3. The van der Waals surface area contributed by atoms with E-state index in [9.17, 15) is 0 Å².